The van der Waals surface area contributed by atoms with Gasteiger partial charge in [0.1, 0.15) is 15.4 Å². The molecule has 0 aromatic carbocycles. The first kappa shape index (κ1) is 15.8. The van der Waals surface area contributed by atoms with Crippen molar-refractivity contribution < 1.29 is 8.42 Å². The van der Waals surface area contributed by atoms with E-state index in [1.54, 1.807) is 11.8 Å². The Morgan fingerprint density at radius 3 is 2.61 bits per heavy atom. The van der Waals surface area contributed by atoms with Gasteiger partial charge in [-0.3, -0.25) is 5.32 Å². The van der Waals surface area contributed by atoms with Crippen molar-refractivity contribution in [3.8, 4) is 6.07 Å². The molecule has 1 fully saturated rings. The summed E-state index contributed by atoms with van der Waals surface area (Å²) in [6.07, 6.45) is 4.32. The van der Waals surface area contributed by atoms with Gasteiger partial charge in [0.05, 0.1) is 11.8 Å². The van der Waals surface area contributed by atoms with Crippen LogP contribution >= 0.6 is 11.8 Å². The van der Waals surface area contributed by atoms with Crippen LogP contribution in [0.15, 0.2) is 0 Å². The summed E-state index contributed by atoms with van der Waals surface area (Å²) in [5, 5.41) is 12.9. The van der Waals surface area contributed by atoms with Crippen molar-refractivity contribution in [3.63, 3.8) is 0 Å². The summed E-state index contributed by atoms with van der Waals surface area (Å²) in [7, 11) is -2.88. The van der Waals surface area contributed by atoms with Gasteiger partial charge in [0.25, 0.3) is 0 Å². The molecule has 1 rings (SSSR count). The van der Waals surface area contributed by atoms with Crippen molar-refractivity contribution in [1.82, 2.24) is 5.32 Å². The zero-order valence-electron chi connectivity index (χ0n) is 11.3. The van der Waals surface area contributed by atoms with Gasteiger partial charge in [-0.2, -0.15) is 17.0 Å². The molecular formula is C12H22N2O2S2. The van der Waals surface area contributed by atoms with E-state index in [9.17, 15) is 13.7 Å². The molecule has 0 aromatic rings. The predicted octanol–water partition coefficient (Wildman–Crippen LogP) is 1.58. The van der Waals surface area contributed by atoms with Crippen LogP contribution in [0.3, 0.4) is 0 Å². The van der Waals surface area contributed by atoms with E-state index in [1.165, 1.54) is 6.26 Å². The largest absolute Gasteiger partial charge is 0.297 e. The molecule has 18 heavy (non-hydrogen) atoms. The minimum Gasteiger partial charge on any atom is -0.297 e. The SMILES string of the molecule is CC(CC(C)(C#N)NC1CC1)SCCS(C)(=O)=O. The van der Waals surface area contributed by atoms with Gasteiger partial charge in [-0.1, -0.05) is 6.92 Å². The molecule has 0 aliphatic heterocycles. The van der Waals surface area contributed by atoms with Crippen LogP contribution in [0.25, 0.3) is 0 Å². The lowest BCUT2D eigenvalue weighted by molar-refractivity contribution is 0.415. The van der Waals surface area contributed by atoms with Gasteiger partial charge in [-0.15, -0.1) is 0 Å². The Kier molecular flexibility index (Phi) is 5.50. The second kappa shape index (κ2) is 6.27. The minimum absolute atomic E-state index is 0.210. The number of hydrogen-bond acceptors (Lipinski definition) is 5. The molecule has 4 nitrogen and oxygen atoms in total. The van der Waals surface area contributed by atoms with Gasteiger partial charge in [-0.05, 0) is 26.2 Å². The summed E-state index contributed by atoms with van der Waals surface area (Å²) in [5.41, 5.74) is -0.487. The summed E-state index contributed by atoms with van der Waals surface area (Å²) >= 11 is 1.62. The second-order valence-corrected chi connectivity index (χ2v) is 9.18. The van der Waals surface area contributed by atoms with Crippen molar-refractivity contribution in [3.05, 3.63) is 0 Å². The molecular weight excluding hydrogens is 268 g/mol. The van der Waals surface area contributed by atoms with Gasteiger partial charge >= 0.3 is 0 Å². The zero-order valence-corrected chi connectivity index (χ0v) is 12.9. The maximum Gasteiger partial charge on any atom is 0.148 e. The fraction of sp³-hybridized carbons (Fsp3) is 0.917. The van der Waals surface area contributed by atoms with Gasteiger partial charge in [0, 0.05) is 23.3 Å². The van der Waals surface area contributed by atoms with E-state index in [0.29, 0.717) is 11.8 Å². The number of hydrogen-bond donors (Lipinski definition) is 1. The molecule has 1 N–H and O–H groups in total. The molecule has 0 heterocycles. The van der Waals surface area contributed by atoms with Crippen LogP contribution in [-0.4, -0.2) is 43.0 Å². The number of rotatable bonds is 8. The van der Waals surface area contributed by atoms with E-state index in [-0.39, 0.29) is 11.0 Å². The van der Waals surface area contributed by atoms with Crippen LogP contribution in [0.1, 0.15) is 33.1 Å². The molecule has 1 saturated carbocycles. The molecule has 0 bridgehead atoms. The summed E-state index contributed by atoms with van der Waals surface area (Å²) in [6.45, 7) is 3.98. The number of thioether (sulfide) groups is 1. The summed E-state index contributed by atoms with van der Waals surface area (Å²) in [5.74, 6) is 0.812. The number of nitrogens with zero attached hydrogens (tertiary/aromatic N) is 1. The summed E-state index contributed by atoms with van der Waals surface area (Å²) in [6, 6.07) is 2.85. The third kappa shape index (κ3) is 6.62. The Bertz CT molecular complexity index is 412. The van der Waals surface area contributed by atoms with Crippen LogP contribution < -0.4 is 5.32 Å². The van der Waals surface area contributed by atoms with Crippen molar-refractivity contribution in [1.29, 1.82) is 5.26 Å². The Balaban J connectivity index is 2.32. The highest BCUT2D eigenvalue weighted by Gasteiger charge is 2.33. The first-order valence-corrected chi connectivity index (χ1v) is 9.33. The lowest BCUT2D eigenvalue weighted by Gasteiger charge is -2.26. The Morgan fingerprint density at radius 2 is 2.17 bits per heavy atom. The predicted molar refractivity (Wildman–Crippen MR) is 76.4 cm³/mol. The molecule has 0 radical (unpaired) electrons. The first-order chi connectivity index (χ1) is 8.24. The highest BCUT2D eigenvalue weighted by Crippen LogP contribution is 2.27. The van der Waals surface area contributed by atoms with E-state index < -0.39 is 15.4 Å². The van der Waals surface area contributed by atoms with Gasteiger partial charge in [-0.25, -0.2) is 8.42 Å². The smallest absolute Gasteiger partial charge is 0.148 e. The van der Waals surface area contributed by atoms with E-state index in [1.807, 2.05) is 6.92 Å². The van der Waals surface area contributed by atoms with Gasteiger partial charge in [0.2, 0.25) is 0 Å². The molecule has 0 aromatic heterocycles. The monoisotopic (exact) mass is 290 g/mol. The molecule has 2 unspecified atom stereocenters. The van der Waals surface area contributed by atoms with Crippen LogP contribution in [0.5, 0.6) is 0 Å². The van der Waals surface area contributed by atoms with Crippen molar-refractivity contribution in [2.45, 2.75) is 49.9 Å². The third-order valence-electron chi connectivity index (χ3n) is 2.90. The number of nitriles is 1. The van der Waals surface area contributed by atoms with Crippen LogP contribution in [0.4, 0.5) is 0 Å². The molecule has 1 aliphatic rings. The van der Waals surface area contributed by atoms with E-state index in [0.717, 1.165) is 19.3 Å². The maximum atomic E-state index is 11.0. The lowest BCUT2D eigenvalue weighted by Crippen LogP contribution is -2.44. The van der Waals surface area contributed by atoms with Crippen LogP contribution in [0, 0.1) is 11.3 Å². The molecule has 6 heteroatoms. The summed E-state index contributed by atoms with van der Waals surface area (Å²) in [4.78, 5) is 0. The van der Waals surface area contributed by atoms with Gasteiger partial charge < -0.3 is 0 Å². The lowest BCUT2D eigenvalue weighted by atomic mass is 9.98. The topological polar surface area (TPSA) is 70.0 Å². The quantitative estimate of drug-likeness (QED) is 0.735. The fourth-order valence-electron chi connectivity index (χ4n) is 1.85. The van der Waals surface area contributed by atoms with Crippen LogP contribution in [0.2, 0.25) is 0 Å². The van der Waals surface area contributed by atoms with Crippen molar-refractivity contribution in [2.24, 2.45) is 0 Å². The standard InChI is InChI=1S/C12H22N2O2S2/c1-10(17-6-7-18(3,15)16)8-12(2,9-13)14-11-4-5-11/h10-11,14H,4-8H2,1-3H3. The fourth-order valence-corrected chi connectivity index (χ4v) is 4.30. The average Bonchev–Trinajstić information content (AvgIpc) is 2.99. The highest BCUT2D eigenvalue weighted by atomic mass is 32.2. The molecule has 0 saturated heterocycles. The minimum atomic E-state index is -2.88. The molecule has 2 atom stereocenters. The van der Waals surface area contributed by atoms with E-state index in [4.69, 9.17) is 0 Å². The molecule has 0 spiro atoms. The van der Waals surface area contributed by atoms with E-state index in [2.05, 4.69) is 18.3 Å². The third-order valence-corrected chi connectivity index (χ3v) is 5.28. The van der Waals surface area contributed by atoms with E-state index >= 15 is 0 Å². The second-order valence-electron chi connectivity index (χ2n) is 5.38. The number of sulfone groups is 1. The van der Waals surface area contributed by atoms with Crippen molar-refractivity contribution in [2.75, 3.05) is 17.8 Å². The first-order valence-electron chi connectivity index (χ1n) is 6.22. The average molecular weight is 290 g/mol. The van der Waals surface area contributed by atoms with Crippen molar-refractivity contribution >= 4 is 21.6 Å². The maximum absolute atomic E-state index is 11.0. The number of nitrogens with one attached hydrogen (secondary N) is 1. The zero-order chi connectivity index (χ0) is 13.8. The molecule has 0 amide bonds. The van der Waals surface area contributed by atoms with Gasteiger partial charge in [0.15, 0.2) is 0 Å². The normalized spacial score (nSPS) is 21.0. The molecule has 1 aliphatic carbocycles. The Labute approximate surface area is 114 Å². The molecule has 104 valence electrons. The van der Waals surface area contributed by atoms with Crippen LogP contribution in [-0.2, 0) is 9.84 Å². The Hall–Kier alpha value is -0.250. The Morgan fingerprint density at radius 1 is 1.56 bits per heavy atom. The highest BCUT2D eigenvalue weighted by molar-refractivity contribution is 8.01. The summed E-state index contributed by atoms with van der Waals surface area (Å²) < 4.78 is 22.1.